The summed E-state index contributed by atoms with van der Waals surface area (Å²) in [6.45, 7) is 0. The molecule has 0 spiro atoms. The molecule has 1 heterocycles. The van der Waals surface area contributed by atoms with Crippen LogP contribution in [0.15, 0.2) is 53.6 Å². The summed E-state index contributed by atoms with van der Waals surface area (Å²) in [4.78, 5) is 8.70. The number of aromatic nitrogens is 2. The van der Waals surface area contributed by atoms with Crippen LogP contribution in [0.3, 0.4) is 0 Å². The Kier molecular flexibility index (Phi) is 3.36. The maximum atomic E-state index is 11.6. The SMILES string of the molecule is NS(=O)(=O)c1ccccc1-c1cnc2cc(Cl)ccc2n1. The first-order chi connectivity index (χ1) is 9.95. The standard InChI is InChI=1S/C14H10ClN3O2S/c15-9-5-6-11-12(7-9)17-8-13(18-11)10-3-1-2-4-14(10)21(16,19)20/h1-8H,(H2,16,19,20). The Morgan fingerprint density at radius 1 is 1.05 bits per heavy atom. The van der Waals surface area contributed by atoms with Crippen LogP contribution in [0.1, 0.15) is 0 Å². The van der Waals surface area contributed by atoms with Crippen molar-refractivity contribution < 1.29 is 8.42 Å². The molecule has 0 aliphatic heterocycles. The highest BCUT2D eigenvalue weighted by molar-refractivity contribution is 7.89. The summed E-state index contributed by atoms with van der Waals surface area (Å²) < 4.78 is 23.3. The van der Waals surface area contributed by atoms with Crippen molar-refractivity contribution in [1.82, 2.24) is 9.97 Å². The molecule has 0 unspecified atom stereocenters. The molecular formula is C14H10ClN3O2S. The summed E-state index contributed by atoms with van der Waals surface area (Å²) in [6.07, 6.45) is 1.50. The van der Waals surface area contributed by atoms with Gasteiger partial charge in [-0.3, -0.25) is 4.98 Å². The number of rotatable bonds is 2. The van der Waals surface area contributed by atoms with E-state index in [-0.39, 0.29) is 4.90 Å². The summed E-state index contributed by atoms with van der Waals surface area (Å²) in [5.74, 6) is 0. The number of hydrogen-bond acceptors (Lipinski definition) is 4. The Morgan fingerprint density at radius 3 is 2.57 bits per heavy atom. The van der Waals surface area contributed by atoms with E-state index >= 15 is 0 Å². The minimum Gasteiger partial charge on any atom is -0.252 e. The quantitative estimate of drug-likeness (QED) is 0.786. The number of benzene rings is 2. The van der Waals surface area contributed by atoms with Gasteiger partial charge in [0, 0.05) is 10.6 Å². The third-order valence-electron chi connectivity index (χ3n) is 2.97. The minimum absolute atomic E-state index is 0.0209. The van der Waals surface area contributed by atoms with Gasteiger partial charge < -0.3 is 0 Å². The first-order valence-corrected chi connectivity index (χ1v) is 7.92. The molecule has 2 N–H and O–H groups in total. The lowest BCUT2D eigenvalue weighted by Crippen LogP contribution is -2.13. The van der Waals surface area contributed by atoms with Gasteiger partial charge in [-0.1, -0.05) is 29.8 Å². The highest BCUT2D eigenvalue weighted by atomic mass is 35.5. The van der Waals surface area contributed by atoms with E-state index < -0.39 is 10.0 Å². The van der Waals surface area contributed by atoms with Crippen molar-refractivity contribution in [2.24, 2.45) is 5.14 Å². The van der Waals surface area contributed by atoms with E-state index in [9.17, 15) is 8.42 Å². The highest BCUT2D eigenvalue weighted by Crippen LogP contribution is 2.26. The van der Waals surface area contributed by atoms with Crippen LogP contribution in [-0.2, 0) is 10.0 Å². The molecule has 3 aromatic rings. The second-order valence-electron chi connectivity index (χ2n) is 4.43. The number of primary sulfonamides is 1. The summed E-state index contributed by atoms with van der Waals surface area (Å²) in [5.41, 5.74) is 2.12. The number of nitrogens with zero attached hydrogens (tertiary/aromatic N) is 2. The molecule has 106 valence electrons. The molecular weight excluding hydrogens is 310 g/mol. The Hall–Kier alpha value is -2.02. The summed E-state index contributed by atoms with van der Waals surface area (Å²) >= 11 is 5.90. The van der Waals surface area contributed by atoms with Gasteiger partial charge in [0.2, 0.25) is 10.0 Å². The molecule has 1 aromatic heterocycles. The number of fused-ring (bicyclic) bond motifs is 1. The number of nitrogens with two attached hydrogens (primary N) is 1. The van der Waals surface area contributed by atoms with Crippen molar-refractivity contribution in [2.75, 3.05) is 0 Å². The van der Waals surface area contributed by atoms with Crippen molar-refractivity contribution in [3.63, 3.8) is 0 Å². The molecule has 0 saturated heterocycles. The molecule has 0 fully saturated rings. The predicted octanol–water partition coefficient (Wildman–Crippen LogP) is 2.60. The summed E-state index contributed by atoms with van der Waals surface area (Å²) in [5, 5.41) is 5.80. The molecule has 0 amide bonds. The van der Waals surface area contributed by atoms with Gasteiger partial charge in [-0.15, -0.1) is 0 Å². The fourth-order valence-electron chi connectivity index (χ4n) is 2.04. The average molecular weight is 320 g/mol. The average Bonchev–Trinajstić information content (AvgIpc) is 2.46. The lowest BCUT2D eigenvalue weighted by Gasteiger charge is -2.07. The lowest BCUT2D eigenvalue weighted by atomic mass is 10.1. The highest BCUT2D eigenvalue weighted by Gasteiger charge is 2.16. The fourth-order valence-corrected chi connectivity index (χ4v) is 2.95. The van der Waals surface area contributed by atoms with Crippen LogP contribution in [-0.4, -0.2) is 18.4 Å². The molecule has 0 radical (unpaired) electrons. The van der Waals surface area contributed by atoms with Crippen LogP contribution in [0.25, 0.3) is 22.3 Å². The number of halogens is 1. The maximum absolute atomic E-state index is 11.6. The zero-order chi connectivity index (χ0) is 15.0. The van der Waals surface area contributed by atoms with Crippen LogP contribution >= 0.6 is 11.6 Å². The lowest BCUT2D eigenvalue weighted by molar-refractivity contribution is 0.598. The Bertz CT molecular complexity index is 942. The van der Waals surface area contributed by atoms with Crippen molar-refractivity contribution >= 4 is 32.7 Å². The second kappa shape index (κ2) is 5.07. The van der Waals surface area contributed by atoms with Crippen LogP contribution in [0.4, 0.5) is 0 Å². The zero-order valence-electron chi connectivity index (χ0n) is 10.7. The van der Waals surface area contributed by atoms with E-state index in [2.05, 4.69) is 9.97 Å². The second-order valence-corrected chi connectivity index (χ2v) is 6.40. The van der Waals surface area contributed by atoms with Crippen molar-refractivity contribution in [3.05, 3.63) is 53.7 Å². The largest absolute Gasteiger partial charge is 0.252 e. The van der Waals surface area contributed by atoms with E-state index in [0.717, 1.165) is 0 Å². The molecule has 0 atom stereocenters. The van der Waals surface area contributed by atoms with E-state index in [0.29, 0.717) is 27.3 Å². The van der Waals surface area contributed by atoms with E-state index in [1.165, 1.54) is 12.3 Å². The summed E-state index contributed by atoms with van der Waals surface area (Å²) in [6, 6.07) is 11.5. The summed E-state index contributed by atoms with van der Waals surface area (Å²) in [7, 11) is -3.83. The third kappa shape index (κ3) is 2.73. The Morgan fingerprint density at radius 2 is 1.81 bits per heavy atom. The van der Waals surface area contributed by atoms with Crippen LogP contribution in [0.2, 0.25) is 5.02 Å². The predicted molar refractivity (Wildman–Crippen MR) is 81.4 cm³/mol. The zero-order valence-corrected chi connectivity index (χ0v) is 12.3. The van der Waals surface area contributed by atoms with Gasteiger partial charge in [-0.2, -0.15) is 0 Å². The monoisotopic (exact) mass is 319 g/mol. The Balaban J connectivity index is 2.24. The van der Waals surface area contributed by atoms with Gasteiger partial charge >= 0.3 is 0 Å². The van der Waals surface area contributed by atoms with E-state index in [4.69, 9.17) is 16.7 Å². The smallest absolute Gasteiger partial charge is 0.238 e. The topological polar surface area (TPSA) is 85.9 Å². The van der Waals surface area contributed by atoms with Crippen molar-refractivity contribution in [1.29, 1.82) is 0 Å². The van der Waals surface area contributed by atoms with Crippen molar-refractivity contribution in [3.8, 4) is 11.3 Å². The van der Waals surface area contributed by atoms with Gasteiger partial charge in [0.05, 0.1) is 27.8 Å². The molecule has 2 aromatic carbocycles. The molecule has 0 bridgehead atoms. The van der Waals surface area contributed by atoms with Crippen LogP contribution in [0.5, 0.6) is 0 Å². The van der Waals surface area contributed by atoms with Gasteiger partial charge in [-0.25, -0.2) is 18.5 Å². The van der Waals surface area contributed by atoms with Crippen LogP contribution in [0, 0.1) is 0 Å². The van der Waals surface area contributed by atoms with Crippen molar-refractivity contribution in [2.45, 2.75) is 4.90 Å². The first kappa shape index (κ1) is 13.9. The molecule has 5 nitrogen and oxygen atoms in total. The normalized spacial score (nSPS) is 11.7. The third-order valence-corrected chi connectivity index (χ3v) is 4.18. The van der Waals surface area contributed by atoms with E-state index in [1.807, 2.05) is 0 Å². The molecule has 3 rings (SSSR count). The molecule has 21 heavy (non-hydrogen) atoms. The molecule has 0 aliphatic rings. The molecule has 0 aliphatic carbocycles. The number of hydrogen-bond donors (Lipinski definition) is 1. The minimum atomic E-state index is -3.83. The fraction of sp³-hybridized carbons (Fsp3) is 0. The van der Waals surface area contributed by atoms with Gasteiger partial charge in [0.1, 0.15) is 0 Å². The Labute approximate surface area is 126 Å². The molecule has 7 heteroatoms. The van der Waals surface area contributed by atoms with Gasteiger partial charge in [0.15, 0.2) is 0 Å². The van der Waals surface area contributed by atoms with Crippen LogP contribution < -0.4 is 5.14 Å². The maximum Gasteiger partial charge on any atom is 0.238 e. The van der Waals surface area contributed by atoms with Gasteiger partial charge in [0.25, 0.3) is 0 Å². The van der Waals surface area contributed by atoms with E-state index in [1.54, 1.807) is 36.4 Å². The first-order valence-electron chi connectivity index (χ1n) is 6.00. The molecule has 0 saturated carbocycles. The number of sulfonamides is 1. The van der Waals surface area contributed by atoms with Gasteiger partial charge in [-0.05, 0) is 24.3 Å².